The molecule has 27 heavy (non-hydrogen) atoms. The van der Waals surface area contributed by atoms with Crippen LogP contribution in [-0.2, 0) is 17.1 Å². The Balaban J connectivity index is 1.72. The first kappa shape index (κ1) is 15.7. The van der Waals surface area contributed by atoms with E-state index in [1.807, 2.05) is 13.2 Å². The summed E-state index contributed by atoms with van der Waals surface area (Å²) < 4.78 is 29.1. The third-order valence-corrected chi connectivity index (χ3v) is 5.95. The maximum atomic E-state index is 13.2. The SMILES string of the molecule is Cn1cc(-c2cnc3[nH]cc(S(=O)(=O)n4ncc5cccnc54)c3c2)cn1. The van der Waals surface area contributed by atoms with Crippen molar-refractivity contribution in [2.75, 3.05) is 0 Å². The molecule has 134 valence electrons. The van der Waals surface area contributed by atoms with Gasteiger partial charge in [-0.1, -0.05) is 0 Å². The molecule has 5 rings (SSSR count). The molecule has 5 aromatic rings. The fourth-order valence-electron chi connectivity index (χ4n) is 3.03. The van der Waals surface area contributed by atoms with E-state index in [2.05, 4.69) is 25.1 Å². The smallest absolute Gasteiger partial charge is 0.287 e. The molecule has 0 spiro atoms. The van der Waals surface area contributed by atoms with Crippen LogP contribution in [0.5, 0.6) is 0 Å². The van der Waals surface area contributed by atoms with Gasteiger partial charge in [0, 0.05) is 53.7 Å². The van der Waals surface area contributed by atoms with Crippen molar-refractivity contribution in [1.29, 1.82) is 0 Å². The van der Waals surface area contributed by atoms with Crippen molar-refractivity contribution < 1.29 is 8.42 Å². The quantitative estimate of drug-likeness (QED) is 0.513. The lowest BCUT2D eigenvalue weighted by atomic mass is 10.1. The van der Waals surface area contributed by atoms with Crippen LogP contribution in [0.25, 0.3) is 33.2 Å². The highest BCUT2D eigenvalue weighted by Crippen LogP contribution is 2.28. The summed E-state index contributed by atoms with van der Waals surface area (Å²) in [6.45, 7) is 0. The Morgan fingerprint density at radius 3 is 2.78 bits per heavy atom. The molecule has 1 N–H and O–H groups in total. The molecule has 0 unspecified atom stereocenters. The molecule has 0 bridgehead atoms. The summed E-state index contributed by atoms with van der Waals surface area (Å²) in [6.07, 6.45) is 9.66. The lowest BCUT2D eigenvalue weighted by Crippen LogP contribution is -2.14. The van der Waals surface area contributed by atoms with Gasteiger partial charge in [0.05, 0.1) is 12.4 Å². The van der Waals surface area contributed by atoms with E-state index in [1.165, 1.54) is 18.6 Å². The zero-order chi connectivity index (χ0) is 18.6. The Kier molecular flexibility index (Phi) is 3.19. The lowest BCUT2D eigenvalue weighted by molar-refractivity contribution is 0.583. The van der Waals surface area contributed by atoms with E-state index >= 15 is 0 Å². The zero-order valence-electron chi connectivity index (χ0n) is 14.1. The van der Waals surface area contributed by atoms with Crippen molar-refractivity contribution >= 4 is 32.1 Å². The Morgan fingerprint density at radius 1 is 1.07 bits per heavy atom. The van der Waals surface area contributed by atoms with Gasteiger partial charge < -0.3 is 4.98 Å². The summed E-state index contributed by atoms with van der Waals surface area (Å²) in [4.78, 5) is 11.5. The van der Waals surface area contributed by atoms with Crippen molar-refractivity contribution in [3.63, 3.8) is 0 Å². The molecule has 0 saturated carbocycles. The lowest BCUT2D eigenvalue weighted by Gasteiger charge is -2.04. The average Bonchev–Trinajstić information content (AvgIpc) is 3.38. The van der Waals surface area contributed by atoms with Crippen LogP contribution < -0.4 is 0 Å². The van der Waals surface area contributed by atoms with Crippen molar-refractivity contribution in [2.45, 2.75) is 4.90 Å². The number of hydrogen-bond acceptors (Lipinski definition) is 6. The van der Waals surface area contributed by atoms with Crippen LogP contribution >= 0.6 is 0 Å². The van der Waals surface area contributed by atoms with E-state index in [0.29, 0.717) is 16.4 Å². The fraction of sp³-hybridized carbons (Fsp3) is 0.0588. The molecule has 5 heterocycles. The Hall–Kier alpha value is -3.53. The van der Waals surface area contributed by atoms with Crippen LogP contribution in [0, 0.1) is 0 Å². The van der Waals surface area contributed by atoms with Crippen LogP contribution in [0.2, 0.25) is 0 Å². The van der Waals surface area contributed by atoms with Gasteiger partial charge in [0.2, 0.25) is 0 Å². The molecule has 0 aromatic carbocycles. The van der Waals surface area contributed by atoms with E-state index < -0.39 is 10.0 Å². The van der Waals surface area contributed by atoms with Crippen molar-refractivity contribution in [1.82, 2.24) is 33.9 Å². The second-order valence-electron chi connectivity index (χ2n) is 6.08. The number of nitrogens with zero attached hydrogens (tertiary/aromatic N) is 6. The predicted molar refractivity (Wildman–Crippen MR) is 98.4 cm³/mol. The number of hydrogen-bond donors (Lipinski definition) is 1. The van der Waals surface area contributed by atoms with Crippen molar-refractivity contribution in [3.8, 4) is 11.1 Å². The first-order valence-electron chi connectivity index (χ1n) is 8.04. The molecule has 0 fully saturated rings. The molecule has 0 aliphatic carbocycles. The highest BCUT2D eigenvalue weighted by molar-refractivity contribution is 7.90. The number of aromatic amines is 1. The number of aromatic nitrogens is 7. The number of nitrogens with one attached hydrogen (secondary N) is 1. The maximum absolute atomic E-state index is 13.2. The topological polar surface area (TPSA) is 111 Å². The average molecular weight is 379 g/mol. The molecule has 0 radical (unpaired) electrons. The fourth-order valence-corrected chi connectivity index (χ4v) is 4.41. The van der Waals surface area contributed by atoms with Crippen LogP contribution in [-0.4, -0.2) is 42.3 Å². The van der Waals surface area contributed by atoms with Crippen LogP contribution in [0.15, 0.2) is 60.3 Å². The minimum Gasteiger partial charge on any atom is -0.345 e. The Bertz CT molecular complexity index is 1410. The Morgan fingerprint density at radius 2 is 1.96 bits per heavy atom. The molecular formula is C17H13N7O2S. The van der Waals surface area contributed by atoms with Gasteiger partial charge >= 0.3 is 0 Å². The number of pyridine rings is 2. The minimum absolute atomic E-state index is 0.0893. The normalized spacial score (nSPS) is 12.2. The van der Waals surface area contributed by atoms with Gasteiger partial charge in [-0.2, -0.15) is 18.6 Å². The minimum atomic E-state index is -3.95. The third kappa shape index (κ3) is 2.34. The molecule has 0 aliphatic heterocycles. The standard InChI is InChI=1S/C17H13N7O2S/c1-23-10-13(8-21-23)12-5-14-15(9-20-16(14)19-6-12)27(25,26)24-17-11(7-22-24)3-2-4-18-17/h2-10H,1H3,(H,19,20). The first-order valence-corrected chi connectivity index (χ1v) is 9.48. The number of H-pyrrole nitrogens is 1. The predicted octanol–water partition coefficient (Wildman–Crippen LogP) is 1.95. The zero-order valence-corrected chi connectivity index (χ0v) is 14.9. The number of fused-ring (bicyclic) bond motifs is 2. The van der Waals surface area contributed by atoms with Gasteiger partial charge in [0.25, 0.3) is 10.0 Å². The van der Waals surface area contributed by atoms with Gasteiger partial charge in [-0.3, -0.25) is 4.68 Å². The van der Waals surface area contributed by atoms with Gasteiger partial charge in [-0.25, -0.2) is 9.97 Å². The summed E-state index contributed by atoms with van der Waals surface area (Å²) >= 11 is 0. The molecule has 9 nitrogen and oxygen atoms in total. The monoisotopic (exact) mass is 379 g/mol. The molecular weight excluding hydrogens is 366 g/mol. The summed E-state index contributed by atoms with van der Waals surface area (Å²) in [5, 5.41) is 9.31. The molecule has 0 saturated heterocycles. The van der Waals surface area contributed by atoms with Gasteiger partial charge in [0.15, 0.2) is 5.65 Å². The highest BCUT2D eigenvalue weighted by atomic mass is 32.2. The van der Waals surface area contributed by atoms with Gasteiger partial charge in [-0.15, -0.1) is 4.09 Å². The summed E-state index contributed by atoms with van der Waals surface area (Å²) in [5.41, 5.74) is 2.38. The molecule has 0 aliphatic rings. The van der Waals surface area contributed by atoms with E-state index in [0.717, 1.165) is 15.2 Å². The maximum Gasteiger partial charge on any atom is 0.287 e. The number of aryl methyl sites for hydroxylation is 1. The highest BCUT2D eigenvalue weighted by Gasteiger charge is 2.25. The molecule has 10 heteroatoms. The third-order valence-electron chi connectivity index (χ3n) is 4.34. The summed E-state index contributed by atoms with van der Waals surface area (Å²) in [5.74, 6) is 0. The summed E-state index contributed by atoms with van der Waals surface area (Å²) in [7, 11) is -2.13. The van der Waals surface area contributed by atoms with Crippen LogP contribution in [0.3, 0.4) is 0 Å². The van der Waals surface area contributed by atoms with Crippen molar-refractivity contribution in [2.24, 2.45) is 7.05 Å². The summed E-state index contributed by atoms with van der Waals surface area (Å²) in [6, 6.07) is 5.28. The molecule has 0 amide bonds. The second kappa shape index (κ2) is 5.48. The number of rotatable bonds is 3. The van der Waals surface area contributed by atoms with Gasteiger partial charge in [-0.05, 0) is 18.2 Å². The van der Waals surface area contributed by atoms with E-state index in [-0.39, 0.29) is 10.5 Å². The largest absolute Gasteiger partial charge is 0.345 e. The van der Waals surface area contributed by atoms with Crippen molar-refractivity contribution in [3.05, 3.63) is 55.4 Å². The second-order valence-corrected chi connectivity index (χ2v) is 7.82. The van der Waals surface area contributed by atoms with Crippen LogP contribution in [0.4, 0.5) is 0 Å². The Labute approximate surface area is 153 Å². The van der Waals surface area contributed by atoms with Gasteiger partial charge in [0.1, 0.15) is 10.5 Å². The van der Waals surface area contributed by atoms with E-state index in [9.17, 15) is 8.42 Å². The van der Waals surface area contributed by atoms with Crippen LogP contribution in [0.1, 0.15) is 0 Å². The first-order chi connectivity index (χ1) is 13.0. The van der Waals surface area contributed by atoms with E-state index in [1.54, 1.807) is 35.3 Å². The molecule has 0 atom stereocenters. The molecule has 5 aromatic heterocycles. The van der Waals surface area contributed by atoms with E-state index in [4.69, 9.17) is 0 Å².